The molecule has 0 bridgehead atoms. The molecule has 2 atom stereocenters. The Labute approximate surface area is 142 Å². The molecule has 0 aromatic heterocycles. The Bertz CT molecular complexity index is 396. The Morgan fingerprint density at radius 3 is 2.61 bits per heavy atom. The second kappa shape index (κ2) is 10.7. The summed E-state index contributed by atoms with van der Waals surface area (Å²) in [6.07, 6.45) is 17.5. The van der Waals surface area contributed by atoms with E-state index in [0.29, 0.717) is 6.04 Å². The number of nitrogens with zero attached hydrogens (tertiary/aromatic N) is 1. The van der Waals surface area contributed by atoms with Gasteiger partial charge >= 0.3 is 0 Å². The average molecular weight is 319 g/mol. The average Bonchev–Trinajstić information content (AvgIpc) is 2.69. The summed E-state index contributed by atoms with van der Waals surface area (Å²) in [4.78, 5) is 2.66. The molecule has 1 saturated carbocycles. The van der Waals surface area contributed by atoms with Crippen LogP contribution in [0.3, 0.4) is 0 Å². The highest BCUT2D eigenvalue weighted by Crippen LogP contribution is 2.22. The van der Waals surface area contributed by atoms with E-state index in [-0.39, 0.29) is 0 Å². The number of hydrogen-bond donors (Lipinski definition) is 1. The number of nitrogens with one attached hydrogen (secondary N) is 1. The molecule has 0 radical (unpaired) electrons. The molecule has 2 fully saturated rings. The molecule has 0 aromatic rings. The lowest BCUT2D eigenvalue weighted by atomic mass is 10.0. The second-order valence-electron chi connectivity index (χ2n) is 6.72. The van der Waals surface area contributed by atoms with Crippen LogP contribution in [0.1, 0.15) is 51.9 Å². The summed E-state index contributed by atoms with van der Waals surface area (Å²) in [5.74, 6) is 0. The molecular weight excluding hydrogens is 284 g/mol. The molecular formula is C20H34N2O. The number of morpholine rings is 1. The van der Waals surface area contributed by atoms with Crippen LogP contribution in [-0.2, 0) is 4.74 Å². The molecule has 2 rings (SSSR count). The van der Waals surface area contributed by atoms with Crippen LogP contribution in [0, 0.1) is 0 Å². The maximum Gasteiger partial charge on any atom is 0.0594 e. The second-order valence-corrected chi connectivity index (χ2v) is 6.72. The summed E-state index contributed by atoms with van der Waals surface area (Å²) in [6.45, 7) is 9.94. The summed E-state index contributed by atoms with van der Waals surface area (Å²) in [5, 5.41) is 3.74. The minimum Gasteiger partial charge on any atom is -0.382 e. The van der Waals surface area contributed by atoms with Crippen molar-refractivity contribution in [1.29, 1.82) is 0 Å². The number of rotatable bonds is 5. The highest BCUT2D eigenvalue weighted by Gasteiger charge is 2.23. The zero-order valence-electron chi connectivity index (χ0n) is 14.8. The minimum absolute atomic E-state index is 0.582. The largest absolute Gasteiger partial charge is 0.382 e. The Morgan fingerprint density at radius 1 is 1.09 bits per heavy atom. The van der Waals surface area contributed by atoms with Crippen LogP contribution in [0.25, 0.3) is 0 Å². The lowest BCUT2D eigenvalue weighted by molar-refractivity contribution is 0.0119. The summed E-state index contributed by atoms with van der Waals surface area (Å²) in [6, 6.07) is 1.33. The van der Waals surface area contributed by atoms with Crippen molar-refractivity contribution in [2.24, 2.45) is 0 Å². The van der Waals surface area contributed by atoms with E-state index in [1.165, 1.54) is 50.6 Å². The highest BCUT2D eigenvalue weighted by atomic mass is 16.5. The van der Waals surface area contributed by atoms with Gasteiger partial charge in [0.1, 0.15) is 0 Å². The van der Waals surface area contributed by atoms with E-state index in [1.807, 2.05) is 6.08 Å². The van der Waals surface area contributed by atoms with Crippen LogP contribution in [-0.4, -0.2) is 43.3 Å². The van der Waals surface area contributed by atoms with Gasteiger partial charge in [-0.15, -0.1) is 0 Å². The summed E-state index contributed by atoms with van der Waals surface area (Å²) >= 11 is 0. The van der Waals surface area contributed by atoms with Gasteiger partial charge in [-0.3, -0.25) is 4.90 Å². The van der Waals surface area contributed by atoms with E-state index in [1.54, 1.807) is 0 Å². The van der Waals surface area contributed by atoms with Crippen molar-refractivity contribution in [1.82, 2.24) is 10.2 Å². The molecule has 1 aliphatic carbocycles. The van der Waals surface area contributed by atoms with E-state index in [2.05, 4.69) is 41.9 Å². The van der Waals surface area contributed by atoms with Crippen molar-refractivity contribution in [2.45, 2.75) is 64.0 Å². The van der Waals surface area contributed by atoms with Gasteiger partial charge in [-0.25, -0.2) is 0 Å². The van der Waals surface area contributed by atoms with Crippen LogP contribution in [0.15, 0.2) is 36.6 Å². The Hall–Kier alpha value is -1.06. The first-order valence-corrected chi connectivity index (χ1v) is 9.37. The van der Waals surface area contributed by atoms with E-state index in [9.17, 15) is 0 Å². The fourth-order valence-corrected chi connectivity index (χ4v) is 3.78. The van der Waals surface area contributed by atoms with Gasteiger partial charge in [-0.2, -0.15) is 0 Å². The molecule has 130 valence electrons. The minimum atomic E-state index is 0.582. The summed E-state index contributed by atoms with van der Waals surface area (Å²) in [5.41, 5.74) is 1.19. The smallest absolute Gasteiger partial charge is 0.0594 e. The van der Waals surface area contributed by atoms with Gasteiger partial charge in [-0.1, -0.05) is 38.0 Å². The molecule has 3 heteroatoms. The first-order valence-electron chi connectivity index (χ1n) is 9.37. The van der Waals surface area contributed by atoms with E-state index < -0.39 is 0 Å². The molecule has 1 saturated heterocycles. The highest BCUT2D eigenvalue weighted by molar-refractivity contribution is 5.21. The third-order valence-corrected chi connectivity index (χ3v) is 5.01. The summed E-state index contributed by atoms with van der Waals surface area (Å²) in [7, 11) is 0. The Morgan fingerprint density at radius 2 is 1.87 bits per heavy atom. The van der Waals surface area contributed by atoms with Gasteiger partial charge in [0.25, 0.3) is 0 Å². The molecule has 2 unspecified atom stereocenters. The Kier molecular flexibility index (Phi) is 8.48. The molecule has 3 nitrogen and oxygen atoms in total. The van der Waals surface area contributed by atoms with E-state index in [4.69, 9.17) is 4.74 Å². The van der Waals surface area contributed by atoms with Crippen molar-refractivity contribution < 1.29 is 4.74 Å². The van der Waals surface area contributed by atoms with Crippen LogP contribution in [0.2, 0.25) is 0 Å². The zero-order chi connectivity index (χ0) is 16.3. The molecule has 2 aliphatic rings. The maximum absolute atomic E-state index is 5.52. The van der Waals surface area contributed by atoms with Crippen LogP contribution in [0.5, 0.6) is 0 Å². The topological polar surface area (TPSA) is 24.5 Å². The molecule has 0 amide bonds. The number of allylic oxidation sites excluding steroid dienone is 4. The van der Waals surface area contributed by atoms with E-state index in [0.717, 1.165) is 32.3 Å². The molecule has 1 N–H and O–H groups in total. The van der Waals surface area contributed by atoms with Crippen molar-refractivity contribution in [3.8, 4) is 0 Å². The van der Waals surface area contributed by atoms with Crippen molar-refractivity contribution >= 4 is 0 Å². The summed E-state index contributed by atoms with van der Waals surface area (Å²) < 4.78 is 5.52. The SMILES string of the molecule is C=C/C=C(\C=C/C)NC1CCCCCC(N2CCOCC2)CC1. The lowest BCUT2D eigenvalue weighted by Crippen LogP contribution is -2.44. The molecule has 1 aliphatic heterocycles. The molecule has 23 heavy (non-hydrogen) atoms. The van der Waals surface area contributed by atoms with Gasteiger partial charge in [0.05, 0.1) is 13.2 Å². The molecule has 0 spiro atoms. The number of ether oxygens (including phenoxy) is 1. The predicted molar refractivity (Wildman–Crippen MR) is 98.5 cm³/mol. The first-order chi connectivity index (χ1) is 11.3. The maximum atomic E-state index is 5.52. The van der Waals surface area contributed by atoms with Crippen LogP contribution in [0.4, 0.5) is 0 Å². The quantitative estimate of drug-likeness (QED) is 0.774. The van der Waals surface area contributed by atoms with Crippen molar-refractivity contribution in [3.63, 3.8) is 0 Å². The van der Waals surface area contributed by atoms with E-state index >= 15 is 0 Å². The molecule has 0 aromatic carbocycles. The molecule has 1 heterocycles. The van der Waals surface area contributed by atoms with Gasteiger partial charge in [0, 0.05) is 30.9 Å². The lowest BCUT2D eigenvalue weighted by Gasteiger charge is -2.35. The predicted octanol–water partition coefficient (Wildman–Crippen LogP) is 4.04. The van der Waals surface area contributed by atoms with Crippen molar-refractivity contribution in [3.05, 3.63) is 36.6 Å². The third-order valence-electron chi connectivity index (χ3n) is 5.01. The normalized spacial score (nSPS) is 28.8. The van der Waals surface area contributed by atoms with Crippen molar-refractivity contribution in [2.75, 3.05) is 26.3 Å². The fraction of sp³-hybridized carbons (Fsp3) is 0.700. The van der Waals surface area contributed by atoms with Crippen LogP contribution >= 0.6 is 0 Å². The Balaban J connectivity index is 1.93. The first kappa shape index (κ1) is 18.3. The zero-order valence-corrected chi connectivity index (χ0v) is 14.8. The fourth-order valence-electron chi connectivity index (χ4n) is 3.78. The van der Waals surface area contributed by atoms with Gasteiger partial charge < -0.3 is 10.1 Å². The van der Waals surface area contributed by atoms with Gasteiger partial charge in [0.15, 0.2) is 0 Å². The van der Waals surface area contributed by atoms with Gasteiger partial charge in [0.2, 0.25) is 0 Å². The monoisotopic (exact) mass is 318 g/mol. The third kappa shape index (κ3) is 6.52. The van der Waals surface area contributed by atoms with Gasteiger partial charge in [-0.05, 0) is 44.8 Å². The number of hydrogen-bond acceptors (Lipinski definition) is 3. The van der Waals surface area contributed by atoms with Crippen LogP contribution < -0.4 is 5.32 Å². The standard InChI is InChI=1S/C20H34N2O/c1-3-8-18(9-4-2)21-19-10-6-5-7-11-20(13-12-19)22-14-16-23-17-15-22/h3-4,8-9,19-21H,1,5-7,10-17H2,2H3/b9-4-,18-8+.